The molecule has 3 rings (SSSR count). The molecular formula is C16H15N3O2. The fourth-order valence-corrected chi connectivity index (χ4v) is 2.10. The average Bonchev–Trinajstić information content (AvgIpc) is 2.53. The number of pyridine rings is 1. The van der Waals surface area contributed by atoms with Gasteiger partial charge in [-0.15, -0.1) is 0 Å². The van der Waals surface area contributed by atoms with Gasteiger partial charge in [-0.3, -0.25) is 4.79 Å². The zero-order valence-electron chi connectivity index (χ0n) is 11.7. The van der Waals surface area contributed by atoms with Crippen molar-refractivity contribution in [3.63, 3.8) is 0 Å². The van der Waals surface area contributed by atoms with E-state index in [2.05, 4.69) is 15.0 Å². The number of benzene rings is 1. The van der Waals surface area contributed by atoms with Gasteiger partial charge in [-0.1, -0.05) is 19.1 Å². The van der Waals surface area contributed by atoms with Crippen LogP contribution in [0.15, 0.2) is 47.4 Å². The summed E-state index contributed by atoms with van der Waals surface area (Å²) in [7, 11) is 0. The Morgan fingerprint density at radius 1 is 1.19 bits per heavy atom. The number of nitrogens with zero attached hydrogens (tertiary/aromatic N) is 2. The molecule has 0 saturated heterocycles. The quantitative estimate of drug-likeness (QED) is 0.798. The van der Waals surface area contributed by atoms with Crippen LogP contribution in [0.1, 0.15) is 13.3 Å². The van der Waals surface area contributed by atoms with Crippen molar-refractivity contribution in [1.29, 1.82) is 0 Å². The fourth-order valence-electron chi connectivity index (χ4n) is 2.10. The van der Waals surface area contributed by atoms with E-state index in [9.17, 15) is 4.79 Å². The maximum Gasteiger partial charge on any atom is 0.277 e. The molecule has 5 nitrogen and oxygen atoms in total. The molecule has 3 aromatic rings. The Labute approximate surface area is 121 Å². The van der Waals surface area contributed by atoms with Gasteiger partial charge in [-0.2, -0.15) is 0 Å². The summed E-state index contributed by atoms with van der Waals surface area (Å²) in [6.45, 7) is 2.67. The number of hydrogen-bond donors (Lipinski definition) is 1. The van der Waals surface area contributed by atoms with Gasteiger partial charge in [0.15, 0.2) is 5.52 Å². The van der Waals surface area contributed by atoms with E-state index in [1.165, 1.54) is 0 Å². The minimum absolute atomic E-state index is 0.249. The summed E-state index contributed by atoms with van der Waals surface area (Å²) in [6, 6.07) is 11.1. The van der Waals surface area contributed by atoms with Crippen LogP contribution in [0.25, 0.3) is 22.4 Å². The second kappa shape index (κ2) is 5.75. The van der Waals surface area contributed by atoms with Crippen molar-refractivity contribution >= 4 is 11.0 Å². The zero-order chi connectivity index (χ0) is 14.7. The van der Waals surface area contributed by atoms with Crippen molar-refractivity contribution in [1.82, 2.24) is 15.0 Å². The van der Waals surface area contributed by atoms with Crippen LogP contribution in [0.3, 0.4) is 0 Å². The van der Waals surface area contributed by atoms with Crippen LogP contribution in [0, 0.1) is 0 Å². The minimum atomic E-state index is -0.249. The van der Waals surface area contributed by atoms with Gasteiger partial charge in [-0.05, 0) is 30.7 Å². The van der Waals surface area contributed by atoms with Gasteiger partial charge in [0.25, 0.3) is 5.56 Å². The fraction of sp³-hybridized carbons (Fsp3) is 0.188. The Bertz CT molecular complexity index is 827. The Morgan fingerprint density at radius 2 is 2.05 bits per heavy atom. The number of nitrogens with one attached hydrogen (secondary N) is 1. The second-order valence-corrected chi connectivity index (χ2v) is 4.63. The Morgan fingerprint density at radius 3 is 2.90 bits per heavy atom. The molecule has 0 aliphatic carbocycles. The summed E-state index contributed by atoms with van der Waals surface area (Å²) in [6.07, 6.45) is 2.50. The molecule has 0 radical (unpaired) electrons. The molecule has 106 valence electrons. The predicted octanol–water partition coefficient (Wildman–Crippen LogP) is 2.77. The van der Waals surface area contributed by atoms with E-state index in [1.807, 2.05) is 31.2 Å². The maximum absolute atomic E-state index is 12.1. The van der Waals surface area contributed by atoms with Gasteiger partial charge in [0.05, 0.1) is 17.7 Å². The monoisotopic (exact) mass is 281 g/mol. The van der Waals surface area contributed by atoms with Crippen molar-refractivity contribution in [2.75, 3.05) is 6.61 Å². The molecule has 1 N–H and O–H groups in total. The van der Waals surface area contributed by atoms with E-state index in [4.69, 9.17) is 4.74 Å². The van der Waals surface area contributed by atoms with Crippen LogP contribution < -0.4 is 10.3 Å². The van der Waals surface area contributed by atoms with E-state index in [-0.39, 0.29) is 5.56 Å². The molecule has 2 heterocycles. The summed E-state index contributed by atoms with van der Waals surface area (Å²) in [5.41, 5.74) is 1.43. The Kier molecular flexibility index (Phi) is 3.64. The molecule has 0 unspecified atom stereocenters. The highest BCUT2D eigenvalue weighted by molar-refractivity contribution is 5.76. The van der Waals surface area contributed by atoms with Crippen LogP contribution in [0.2, 0.25) is 0 Å². The van der Waals surface area contributed by atoms with Crippen molar-refractivity contribution in [3.8, 4) is 17.1 Å². The lowest BCUT2D eigenvalue weighted by Crippen LogP contribution is -2.11. The minimum Gasteiger partial charge on any atom is -0.493 e. The Hall–Kier alpha value is -2.69. The third-order valence-electron chi connectivity index (χ3n) is 3.07. The third-order valence-corrected chi connectivity index (χ3v) is 3.07. The van der Waals surface area contributed by atoms with Crippen LogP contribution in [0.4, 0.5) is 0 Å². The van der Waals surface area contributed by atoms with E-state index in [0.29, 0.717) is 29.2 Å². The first-order valence-corrected chi connectivity index (χ1v) is 6.87. The number of fused-ring (bicyclic) bond motifs is 1. The molecule has 2 aromatic heterocycles. The lowest BCUT2D eigenvalue weighted by atomic mass is 10.2. The highest BCUT2D eigenvalue weighted by Gasteiger charge is 2.10. The topological polar surface area (TPSA) is 67.9 Å². The number of ether oxygens (including phenoxy) is 1. The molecule has 0 spiro atoms. The number of H-pyrrole nitrogens is 1. The molecule has 5 heteroatoms. The summed E-state index contributed by atoms with van der Waals surface area (Å²) < 4.78 is 5.71. The maximum atomic E-state index is 12.1. The van der Waals surface area contributed by atoms with Crippen molar-refractivity contribution in [2.45, 2.75) is 13.3 Å². The van der Waals surface area contributed by atoms with Crippen LogP contribution in [0.5, 0.6) is 5.75 Å². The van der Waals surface area contributed by atoms with Gasteiger partial charge in [0.1, 0.15) is 11.6 Å². The van der Waals surface area contributed by atoms with Crippen LogP contribution in [-0.4, -0.2) is 21.6 Å². The van der Waals surface area contributed by atoms with Gasteiger partial charge in [0, 0.05) is 6.20 Å². The number of rotatable bonds is 4. The molecule has 0 aliphatic heterocycles. The van der Waals surface area contributed by atoms with Crippen molar-refractivity contribution in [3.05, 3.63) is 52.9 Å². The summed E-state index contributed by atoms with van der Waals surface area (Å²) in [4.78, 5) is 23.4. The average molecular weight is 281 g/mol. The smallest absolute Gasteiger partial charge is 0.277 e. The molecular weight excluding hydrogens is 266 g/mol. The first kappa shape index (κ1) is 13.3. The molecule has 21 heavy (non-hydrogen) atoms. The first-order chi connectivity index (χ1) is 10.3. The molecule has 0 fully saturated rings. The standard InChI is InChI=1S/C16H15N3O2/c1-2-10-21-13-8-4-3-6-11(13)15-18-12-7-5-9-17-14(12)16(20)19-15/h3-9H,2,10H2,1H3,(H,18,19,20). The summed E-state index contributed by atoms with van der Waals surface area (Å²) in [5.74, 6) is 1.21. The van der Waals surface area contributed by atoms with Gasteiger partial charge in [0.2, 0.25) is 0 Å². The summed E-state index contributed by atoms with van der Waals surface area (Å²) in [5, 5.41) is 0. The van der Waals surface area contributed by atoms with Crippen LogP contribution >= 0.6 is 0 Å². The first-order valence-electron chi connectivity index (χ1n) is 6.87. The lowest BCUT2D eigenvalue weighted by molar-refractivity contribution is 0.318. The molecule has 0 amide bonds. The van der Waals surface area contributed by atoms with Crippen LogP contribution in [-0.2, 0) is 0 Å². The number of aromatic amines is 1. The summed E-state index contributed by atoms with van der Waals surface area (Å²) >= 11 is 0. The van der Waals surface area contributed by atoms with Gasteiger partial charge >= 0.3 is 0 Å². The third kappa shape index (κ3) is 2.63. The van der Waals surface area contributed by atoms with E-state index in [1.54, 1.807) is 18.3 Å². The molecule has 0 bridgehead atoms. The number of hydrogen-bond acceptors (Lipinski definition) is 4. The zero-order valence-corrected chi connectivity index (χ0v) is 11.7. The van der Waals surface area contributed by atoms with Gasteiger partial charge < -0.3 is 9.72 Å². The number of para-hydroxylation sites is 1. The molecule has 0 aliphatic rings. The Balaban J connectivity index is 2.14. The highest BCUT2D eigenvalue weighted by Crippen LogP contribution is 2.27. The van der Waals surface area contributed by atoms with E-state index >= 15 is 0 Å². The highest BCUT2D eigenvalue weighted by atomic mass is 16.5. The lowest BCUT2D eigenvalue weighted by Gasteiger charge is -2.10. The molecule has 1 aromatic carbocycles. The number of aromatic nitrogens is 3. The van der Waals surface area contributed by atoms with Gasteiger partial charge in [-0.25, -0.2) is 9.97 Å². The van der Waals surface area contributed by atoms with E-state index < -0.39 is 0 Å². The molecule has 0 atom stereocenters. The van der Waals surface area contributed by atoms with Crippen molar-refractivity contribution < 1.29 is 4.74 Å². The molecule has 0 saturated carbocycles. The second-order valence-electron chi connectivity index (χ2n) is 4.63. The predicted molar refractivity (Wildman–Crippen MR) is 81.4 cm³/mol. The largest absolute Gasteiger partial charge is 0.493 e. The van der Waals surface area contributed by atoms with E-state index in [0.717, 1.165) is 12.0 Å². The van der Waals surface area contributed by atoms with Crippen molar-refractivity contribution in [2.24, 2.45) is 0 Å². The SMILES string of the molecule is CCCOc1ccccc1-c1nc2cccnc2c(=O)[nH]1. The normalized spacial score (nSPS) is 10.7.